The Morgan fingerprint density at radius 3 is 2.51 bits per heavy atom. The number of nitrogens with one attached hydrogen (secondary N) is 1. The van der Waals surface area contributed by atoms with Crippen LogP contribution < -0.4 is 29.0 Å². The molecule has 2 unspecified atom stereocenters. The number of nitriles is 1. The number of carbonyl (C=O) groups is 3. The van der Waals surface area contributed by atoms with E-state index in [1.54, 1.807) is 14.0 Å². The van der Waals surface area contributed by atoms with Crippen LogP contribution in [0.1, 0.15) is 57.6 Å². The second-order valence-electron chi connectivity index (χ2n) is 13.8. The Morgan fingerprint density at radius 1 is 1.09 bits per heavy atom. The van der Waals surface area contributed by atoms with E-state index >= 15 is 0 Å². The Morgan fingerprint density at radius 2 is 1.84 bits per heavy atom. The number of alkyl halides is 3. The van der Waals surface area contributed by atoms with Gasteiger partial charge in [-0.3, -0.25) is 14.6 Å². The number of nitrogens with zero attached hydrogens (tertiary/aromatic N) is 3. The van der Waals surface area contributed by atoms with Crippen molar-refractivity contribution in [3.05, 3.63) is 39.4 Å². The molecule has 7 atom stereocenters. The SMILES string of the molecule is COCOc1c(OC)c(C)cc2c1[C@@H]1C3[C@@H]4SCC(NC(=O)OCC(Cl)(Cl)Cl)C(=O)OC[C@@H](c5c6c(c(C)c(OC(C)=O)c54)OCO6)N3[C@@H](C#N)[C@@H](C2)N1C. The van der Waals surface area contributed by atoms with Crippen molar-refractivity contribution in [2.75, 3.05) is 53.8 Å². The van der Waals surface area contributed by atoms with Crippen molar-refractivity contribution in [2.45, 2.75) is 72.5 Å². The zero-order valence-electron chi connectivity index (χ0n) is 30.7. The maximum atomic E-state index is 13.8. The first-order chi connectivity index (χ1) is 26.2. The van der Waals surface area contributed by atoms with Crippen LogP contribution in [0.15, 0.2) is 6.07 Å². The smallest absolute Gasteiger partial charge is 0.408 e. The van der Waals surface area contributed by atoms with Gasteiger partial charge in [-0.25, -0.2) is 9.59 Å². The molecule has 5 aliphatic rings. The number of esters is 2. The number of cyclic esters (lactones) is 1. The lowest BCUT2D eigenvalue weighted by Crippen LogP contribution is -2.69. The number of halogens is 3. The number of hydrogen-bond acceptors (Lipinski definition) is 15. The molecule has 0 aromatic heterocycles. The quantitative estimate of drug-likeness (QED) is 0.172. The Balaban J connectivity index is 1.46. The number of fused-ring (bicyclic) bond motifs is 9. The number of amides is 1. The summed E-state index contributed by atoms with van der Waals surface area (Å²) < 4.78 is 45.0. The van der Waals surface area contributed by atoms with Crippen molar-refractivity contribution < 1.29 is 52.3 Å². The van der Waals surface area contributed by atoms with E-state index in [2.05, 4.69) is 27.3 Å². The standard InChI is InChI=1S/C36H39Cl3N4O11S/c1-15-7-18-8-20-21(9-40)43-22-10-49-34(45)19(41-35(46)50-12-36(37,38)39)11-55-33(25-24(22)32-30(52-14-53-32)16(2)29(25)54-17(3)44)27(43)26(42(20)4)23(18)31(28(15)48-6)51-13-47-5/h7,19-22,26-27,33H,8,10-14H2,1-6H3,(H,41,46)/t19?,20-,21+,22+,26-,27?,33-/m1/s1. The first kappa shape index (κ1) is 39.7. The molecule has 5 heterocycles. The van der Waals surface area contributed by atoms with E-state index in [0.29, 0.717) is 46.1 Å². The van der Waals surface area contributed by atoms with E-state index in [0.717, 1.165) is 16.7 Å². The minimum atomic E-state index is -1.88. The third-order valence-corrected chi connectivity index (χ3v) is 12.3. The maximum Gasteiger partial charge on any atom is 0.408 e. The van der Waals surface area contributed by atoms with Crippen molar-refractivity contribution in [2.24, 2.45) is 0 Å². The normalized spacial score (nSPS) is 26.8. The van der Waals surface area contributed by atoms with Crippen LogP contribution in [0, 0.1) is 25.2 Å². The molecule has 7 rings (SSSR count). The van der Waals surface area contributed by atoms with Gasteiger partial charge in [-0.2, -0.15) is 5.26 Å². The number of carbonyl (C=O) groups excluding carboxylic acids is 3. The van der Waals surface area contributed by atoms with Gasteiger partial charge in [-0.15, -0.1) is 11.8 Å². The molecule has 55 heavy (non-hydrogen) atoms. The molecule has 1 amide bonds. The fraction of sp³-hybridized carbons (Fsp3) is 0.556. The first-order valence-corrected chi connectivity index (χ1v) is 19.5. The second kappa shape index (κ2) is 15.4. The predicted molar refractivity (Wildman–Crippen MR) is 199 cm³/mol. The average molecular weight is 842 g/mol. The summed E-state index contributed by atoms with van der Waals surface area (Å²) in [4.78, 5) is 43.8. The predicted octanol–water partition coefficient (Wildman–Crippen LogP) is 4.97. The number of piperazine rings is 1. The zero-order chi connectivity index (χ0) is 39.5. The highest BCUT2D eigenvalue weighted by Gasteiger charge is 2.61. The van der Waals surface area contributed by atoms with Crippen molar-refractivity contribution >= 4 is 64.6 Å². The number of rotatable bonds is 7. The highest BCUT2D eigenvalue weighted by Crippen LogP contribution is 2.64. The van der Waals surface area contributed by atoms with E-state index in [9.17, 15) is 19.6 Å². The van der Waals surface area contributed by atoms with Gasteiger partial charge in [0.05, 0.1) is 30.5 Å². The summed E-state index contributed by atoms with van der Waals surface area (Å²) in [5.41, 5.74) is 4.45. The molecule has 1 N–H and O–H groups in total. The fourth-order valence-electron chi connectivity index (χ4n) is 8.64. The molecule has 15 nitrogen and oxygen atoms in total. The topological polar surface area (TPSA) is 167 Å². The molecule has 0 aliphatic carbocycles. The Bertz CT molecular complexity index is 1960. The van der Waals surface area contributed by atoms with Gasteiger partial charge in [-0.1, -0.05) is 40.9 Å². The van der Waals surface area contributed by atoms with Crippen molar-refractivity contribution in [3.8, 4) is 34.8 Å². The third-order valence-electron chi connectivity index (χ3n) is 10.6. The summed E-state index contributed by atoms with van der Waals surface area (Å²) in [5, 5.41) is 13.0. The van der Waals surface area contributed by atoms with Crippen LogP contribution in [0.5, 0.6) is 28.7 Å². The van der Waals surface area contributed by atoms with E-state index < -0.39 is 63.9 Å². The molecule has 0 radical (unpaired) electrons. The van der Waals surface area contributed by atoms with E-state index in [4.69, 9.17) is 72.7 Å². The van der Waals surface area contributed by atoms with Crippen LogP contribution in [-0.4, -0.2) is 110 Å². The lowest BCUT2D eigenvalue weighted by Gasteiger charge is -2.61. The highest BCUT2D eigenvalue weighted by molar-refractivity contribution is 7.99. The molecule has 296 valence electrons. The molecule has 5 aliphatic heterocycles. The molecular formula is C36H39Cl3N4O11S. The van der Waals surface area contributed by atoms with Crippen LogP contribution in [0.25, 0.3) is 0 Å². The maximum absolute atomic E-state index is 13.8. The van der Waals surface area contributed by atoms with Gasteiger partial charge in [0, 0.05) is 54.1 Å². The Hall–Kier alpha value is -3.56. The zero-order valence-corrected chi connectivity index (χ0v) is 33.8. The molecule has 0 saturated carbocycles. The van der Waals surface area contributed by atoms with E-state index in [1.807, 2.05) is 14.0 Å². The second-order valence-corrected chi connectivity index (χ2v) is 17.5. The summed E-state index contributed by atoms with van der Waals surface area (Å²) >= 11 is 18.7. The van der Waals surface area contributed by atoms with Crippen LogP contribution in [0.4, 0.5) is 4.79 Å². The van der Waals surface area contributed by atoms with Crippen molar-refractivity contribution in [1.29, 1.82) is 5.26 Å². The minimum absolute atomic E-state index is 0.0397. The molecular weight excluding hydrogens is 803 g/mol. The molecule has 2 fully saturated rings. The number of aryl methyl sites for hydroxylation is 1. The van der Waals surface area contributed by atoms with E-state index in [-0.39, 0.29) is 37.7 Å². The molecule has 2 aromatic carbocycles. The Labute approximate surface area is 336 Å². The first-order valence-electron chi connectivity index (χ1n) is 17.3. The summed E-state index contributed by atoms with van der Waals surface area (Å²) in [6, 6.07) is 0.615. The van der Waals surface area contributed by atoms with Crippen LogP contribution >= 0.6 is 46.6 Å². The molecule has 2 saturated heterocycles. The van der Waals surface area contributed by atoms with Gasteiger partial charge in [0.15, 0.2) is 29.8 Å². The lowest BCUT2D eigenvalue weighted by molar-refractivity contribution is -0.151. The number of methoxy groups -OCH3 is 2. The van der Waals surface area contributed by atoms with Crippen molar-refractivity contribution in [3.63, 3.8) is 0 Å². The fourth-order valence-corrected chi connectivity index (χ4v) is 10.3. The monoisotopic (exact) mass is 840 g/mol. The summed E-state index contributed by atoms with van der Waals surface area (Å²) in [6.45, 7) is 4.06. The number of hydrogen-bond donors (Lipinski definition) is 1. The number of alkyl carbamates (subject to hydrolysis) is 1. The van der Waals surface area contributed by atoms with E-state index in [1.165, 1.54) is 25.8 Å². The number of benzene rings is 2. The van der Waals surface area contributed by atoms with Gasteiger partial charge in [-0.05, 0) is 38.4 Å². The molecule has 2 aromatic rings. The summed E-state index contributed by atoms with van der Waals surface area (Å²) in [7, 11) is 5.09. The largest absolute Gasteiger partial charge is 0.493 e. The summed E-state index contributed by atoms with van der Waals surface area (Å²) in [5.74, 6) is 0.798. The van der Waals surface area contributed by atoms with Gasteiger partial charge in [0.1, 0.15) is 31.0 Å². The van der Waals surface area contributed by atoms with Gasteiger partial charge in [0.2, 0.25) is 10.6 Å². The Kier molecular flexibility index (Phi) is 11.1. The number of thioether (sulfide) groups is 1. The average Bonchev–Trinajstić information content (AvgIpc) is 3.62. The van der Waals surface area contributed by atoms with Gasteiger partial charge in [0.25, 0.3) is 0 Å². The van der Waals surface area contributed by atoms with Gasteiger partial charge >= 0.3 is 18.0 Å². The molecule has 4 bridgehead atoms. The minimum Gasteiger partial charge on any atom is -0.493 e. The number of ether oxygens (including phenoxy) is 8. The third kappa shape index (κ3) is 6.96. The molecule has 0 spiro atoms. The molecule has 19 heteroatoms. The van der Waals surface area contributed by atoms with Crippen LogP contribution in [0.2, 0.25) is 0 Å². The highest BCUT2D eigenvalue weighted by atomic mass is 35.6. The van der Waals surface area contributed by atoms with Crippen LogP contribution in [0.3, 0.4) is 0 Å². The summed E-state index contributed by atoms with van der Waals surface area (Å²) in [6.07, 6.45) is -0.492. The number of likely N-dealkylation sites (N-methyl/N-ethyl adjacent to an activating group) is 1. The van der Waals surface area contributed by atoms with Crippen molar-refractivity contribution in [1.82, 2.24) is 15.1 Å². The van der Waals surface area contributed by atoms with Gasteiger partial charge < -0.3 is 43.2 Å². The lowest BCUT2D eigenvalue weighted by atomic mass is 9.71. The van der Waals surface area contributed by atoms with Crippen LogP contribution in [-0.2, 0) is 30.2 Å².